The van der Waals surface area contributed by atoms with Crippen LogP contribution in [0.5, 0.6) is 11.5 Å². The monoisotopic (exact) mass is 376 g/mol. The zero-order valence-corrected chi connectivity index (χ0v) is 14.2. The van der Waals surface area contributed by atoms with Gasteiger partial charge in [-0.2, -0.15) is 5.10 Å². The molecule has 0 aliphatic carbocycles. The maximum Gasteiger partial charge on any atom is 0.271 e. The molecule has 0 aliphatic rings. The van der Waals surface area contributed by atoms with Crippen molar-refractivity contribution >= 4 is 28.1 Å². The predicted octanol–water partition coefficient (Wildman–Crippen LogP) is 3.71. The molecule has 23 heavy (non-hydrogen) atoms. The van der Waals surface area contributed by atoms with Crippen molar-refractivity contribution in [3.8, 4) is 11.5 Å². The number of nitrogens with zero attached hydrogens (tertiary/aromatic N) is 1. The minimum atomic E-state index is -0.400. The van der Waals surface area contributed by atoms with E-state index in [1.165, 1.54) is 18.3 Å². The van der Waals surface area contributed by atoms with Crippen LogP contribution in [0.25, 0.3) is 0 Å². The third-order valence-electron chi connectivity index (χ3n) is 2.91. The van der Waals surface area contributed by atoms with Crippen LogP contribution in [0.15, 0.2) is 52.0 Å². The minimum absolute atomic E-state index is 0.0314. The normalized spacial score (nSPS) is 10.7. The van der Waals surface area contributed by atoms with Gasteiger partial charge in [0, 0.05) is 15.6 Å². The molecule has 2 aromatic rings. The molecule has 0 spiro atoms. The van der Waals surface area contributed by atoms with Crippen molar-refractivity contribution in [3.05, 3.63) is 58.1 Å². The number of hydrazone groups is 1. The zero-order valence-electron chi connectivity index (χ0n) is 12.6. The number of amides is 1. The Bertz CT molecular complexity index is 717. The molecule has 0 bridgehead atoms. The van der Waals surface area contributed by atoms with Gasteiger partial charge in [0.2, 0.25) is 0 Å². The van der Waals surface area contributed by atoms with Crippen LogP contribution in [0.4, 0.5) is 0 Å². The molecule has 0 saturated heterocycles. The number of hydrogen-bond donors (Lipinski definition) is 2. The summed E-state index contributed by atoms with van der Waals surface area (Å²) in [4.78, 5) is 11.9. The van der Waals surface area contributed by atoms with Crippen LogP contribution in [0.3, 0.4) is 0 Å². The summed E-state index contributed by atoms with van der Waals surface area (Å²) in [6.07, 6.45) is 2.43. The molecule has 2 aromatic carbocycles. The van der Waals surface area contributed by atoms with Crippen LogP contribution in [0.2, 0.25) is 0 Å². The van der Waals surface area contributed by atoms with Crippen molar-refractivity contribution in [1.82, 2.24) is 5.43 Å². The Morgan fingerprint density at radius 3 is 2.91 bits per heavy atom. The smallest absolute Gasteiger partial charge is 0.271 e. The molecule has 0 fully saturated rings. The number of nitrogens with one attached hydrogen (secondary N) is 1. The Hall–Kier alpha value is -2.34. The molecule has 2 rings (SSSR count). The molecule has 120 valence electrons. The van der Waals surface area contributed by atoms with E-state index in [0.29, 0.717) is 17.9 Å². The fraction of sp³-hybridized carbons (Fsp3) is 0.176. The first-order valence-electron chi connectivity index (χ1n) is 7.15. The van der Waals surface area contributed by atoms with E-state index in [-0.39, 0.29) is 5.75 Å². The van der Waals surface area contributed by atoms with Crippen LogP contribution in [-0.4, -0.2) is 23.8 Å². The maximum atomic E-state index is 11.9. The van der Waals surface area contributed by atoms with Crippen LogP contribution in [-0.2, 0) is 0 Å². The van der Waals surface area contributed by atoms with Gasteiger partial charge in [0.05, 0.1) is 12.8 Å². The number of phenols is 1. The molecular formula is C17H17BrN2O3. The van der Waals surface area contributed by atoms with E-state index >= 15 is 0 Å². The van der Waals surface area contributed by atoms with Crippen molar-refractivity contribution < 1.29 is 14.6 Å². The van der Waals surface area contributed by atoms with E-state index in [4.69, 9.17) is 4.74 Å². The lowest BCUT2D eigenvalue weighted by Gasteiger charge is -2.08. The fourth-order valence-corrected chi connectivity index (χ4v) is 2.21. The van der Waals surface area contributed by atoms with Gasteiger partial charge in [-0.25, -0.2) is 5.43 Å². The lowest BCUT2D eigenvalue weighted by atomic mass is 10.2. The quantitative estimate of drug-likeness (QED) is 0.596. The summed E-state index contributed by atoms with van der Waals surface area (Å²) >= 11 is 3.40. The van der Waals surface area contributed by atoms with Crippen molar-refractivity contribution in [3.63, 3.8) is 0 Å². The first-order chi connectivity index (χ1) is 11.1. The molecular weight excluding hydrogens is 360 g/mol. The highest BCUT2D eigenvalue weighted by Gasteiger charge is 2.05. The van der Waals surface area contributed by atoms with E-state index in [1.807, 2.05) is 25.1 Å². The van der Waals surface area contributed by atoms with Gasteiger partial charge in [0.15, 0.2) is 0 Å². The SMILES string of the molecule is CCCOc1ccc(Br)cc1/C=N\NC(=O)c1cccc(O)c1. The fourth-order valence-electron chi connectivity index (χ4n) is 1.84. The van der Waals surface area contributed by atoms with E-state index in [0.717, 1.165) is 16.5 Å². The number of aromatic hydroxyl groups is 1. The highest BCUT2D eigenvalue weighted by molar-refractivity contribution is 9.10. The second-order valence-electron chi connectivity index (χ2n) is 4.78. The third-order valence-corrected chi connectivity index (χ3v) is 3.40. The second-order valence-corrected chi connectivity index (χ2v) is 5.70. The number of benzene rings is 2. The predicted molar refractivity (Wildman–Crippen MR) is 93.1 cm³/mol. The average molecular weight is 377 g/mol. The Kier molecular flexibility index (Phi) is 6.17. The molecule has 0 aromatic heterocycles. The van der Waals surface area contributed by atoms with Gasteiger partial charge in [0.25, 0.3) is 5.91 Å². The van der Waals surface area contributed by atoms with Gasteiger partial charge in [0.1, 0.15) is 11.5 Å². The van der Waals surface area contributed by atoms with Crippen molar-refractivity contribution in [2.24, 2.45) is 5.10 Å². The van der Waals surface area contributed by atoms with E-state index in [1.54, 1.807) is 12.1 Å². The molecule has 5 nitrogen and oxygen atoms in total. The Morgan fingerprint density at radius 2 is 2.17 bits per heavy atom. The maximum absolute atomic E-state index is 11.9. The lowest BCUT2D eigenvalue weighted by molar-refractivity contribution is 0.0954. The second kappa shape index (κ2) is 8.33. The van der Waals surface area contributed by atoms with Crippen LogP contribution in [0, 0.1) is 0 Å². The van der Waals surface area contributed by atoms with Gasteiger partial charge >= 0.3 is 0 Å². The van der Waals surface area contributed by atoms with Crippen molar-refractivity contribution in [2.45, 2.75) is 13.3 Å². The number of ether oxygens (including phenoxy) is 1. The van der Waals surface area contributed by atoms with Gasteiger partial charge in [-0.1, -0.05) is 28.9 Å². The van der Waals surface area contributed by atoms with Crippen LogP contribution < -0.4 is 10.2 Å². The summed E-state index contributed by atoms with van der Waals surface area (Å²) in [5.41, 5.74) is 3.51. The Balaban J connectivity index is 2.07. The standard InChI is InChI=1S/C17H17BrN2O3/c1-2-8-23-16-7-6-14(18)9-13(16)11-19-20-17(22)12-4-3-5-15(21)10-12/h3-7,9-11,21H,2,8H2,1H3,(H,20,22)/b19-11-. The number of phenolic OH excluding ortho intramolecular Hbond substituents is 1. The summed E-state index contributed by atoms with van der Waals surface area (Å²) in [7, 11) is 0. The summed E-state index contributed by atoms with van der Waals surface area (Å²) in [5.74, 6) is 0.331. The topological polar surface area (TPSA) is 70.9 Å². The molecule has 0 saturated carbocycles. The summed E-state index contributed by atoms with van der Waals surface area (Å²) in [6, 6.07) is 11.7. The number of halogens is 1. The minimum Gasteiger partial charge on any atom is -0.508 e. The van der Waals surface area contributed by atoms with Crippen molar-refractivity contribution in [2.75, 3.05) is 6.61 Å². The van der Waals surface area contributed by atoms with Gasteiger partial charge in [-0.15, -0.1) is 0 Å². The molecule has 0 heterocycles. The molecule has 0 aliphatic heterocycles. The third kappa shape index (κ3) is 5.10. The van der Waals surface area contributed by atoms with Gasteiger partial charge in [-0.05, 0) is 42.8 Å². The van der Waals surface area contributed by atoms with Crippen LogP contribution >= 0.6 is 15.9 Å². The van der Waals surface area contributed by atoms with Crippen molar-refractivity contribution in [1.29, 1.82) is 0 Å². The van der Waals surface area contributed by atoms with E-state index < -0.39 is 5.91 Å². The first kappa shape index (κ1) is 17.0. The molecule has 6 heteroatoms. The molecule has 0 atom stereocenters. The summed E-state index contributed by atoms with van der Waals surface area (Å²) in [6.45, 7) is 2.64. The van der Waals surface area contributed by atoms with E-state index in [9.17, 15) is 9.90 Å². The Labute approximate surface area is 143 Å². The zero-order chi connectivity index (χ0) is 16.7. The number of hydrogen-bond acceptors (Lipinski definition) is 4. The first-order valence-corrected chi connectivity index (χ1v) is 7.94. The highest BCUT2D eigenvalue weighted by atomic mass is 79.9. The molecule has 1 amide bonds. The Morgan fingerprint density at radius 1 is 1.35 bits per heavy atom. The highest BCUT2D eigenvalue weighted by Crippen LogP contribution is 2.22. The largest absolute Gasteiger partial charge is 0.508 e. The number of rotatable bonds is 6. The van der Waals surface area contributed by atoms with E-state index in [2.05, 4.69) is 26.5 Å². The van der Waals surface area contributed by atoms with Crippen LogP contribution in [0.1, 0.15) is 29.3 Å². The molecule has 0 unspecified atom stereocenters. The average Bonchev–Trinajstić information content (AvgIpc) is 2.54. The summed E-state index contributed by atoms with van der Waals surface area (Å²) in [5, 5.41) is 13.3. The van der Waals surface area contributed by atoms with Gasteiger partial charge < -0.3 is 9.84 Å². The molecule has 2 N–H and O–H groups in total. The lowest BCUT2D eigenvalue weighted by Crippen LogP contribution is -2.17. The summed E-state index contributed by atoms with van der Waals surface area (Å²) < 4.78 is 6.53. The molecule has 0 radical (unpaired) electrons. The van der Waals surface area contributed by atoms with Gasteiger partial charge in [-0.3, -0.25) is 4.79 Å². The number of carbonyl (C=O) groups excluding carboxylic acids is 1. The number of carbonyl (C=O) groups is 1.